The second-order valence-corrected chi connectivity index (χ2v) is 4.54. The fourth-order valence-corrected chi connectivity index (χ4v) is 2.72. The Morgan fingerprint density at radius 2 is 2.46 bits per heavy atom. The molecule has 2 unspecified atom stereocenters. The van der Waals surface area contributed by atoms with E-state index < -0.39 is 0 Å². The highest BCUT2D eigenvalue weighted by Gasteiger charge is 2.32. The fraction of sp³-hybridized carbons (Fsp3) is 0.889. The zero-order valence-corrected chi connectivity index (χ0v) is 9.02. The van der Waals surface area contributed by atoms with Gasteiger partial charge in [0.05, 0.1) is 5.25 Å². The average Bonchev–Trinajstić information content (AvgIpc) is 2.47. The first kappa shape index (κ1) is 10.9. The van der Waals surface area contributed by atoms with Crippen LogP contribution in [-0.2, 0) is 9.53 Å². The van der Waals surface area contributed by atoms with Crippen molar-refractivity contribution in [3.63, 3.8) is 0 Å². The number of thioether (sulfide) groups is 1. The number of ether oxygens (including phenoxy) is 1. The zero-order chi connectivity index (χ0) is 9.68. The Hall–Kier alpha value is -0.220. The van der Waals surface area contributed by atoms with E-state index in [1.54, 1.807) is 7.11 Å². The van der Waals surface area contributed by atoms with Crippen LogP contribution < -0.4 is 5.32 Å². The van der Waals surface area contributed by atoms with E-state index in [2.05, 4.69) is 12.2 Å². The van der Waals surface area contributed by atoms with Gasteiger partial charge in [-0.05, 0) is 12.2 Å². The van der Waals surface area contributed by atoms with Gasteiger partial charge >= 0.3 is 0 Å². The van der Waals surface area contributed by atoms with E-state index in [4.69, 9.17) is 4.74 Å². The van der Waals surface area contributed by atoms with Crippen molar-refractivity contribution in [2.75, 3.05) is 12.9 Å². The van der Waals surface area contributed by atoms with Crippen molar-refractivity contribution in [1.29, 1.82) is 0 Å². The van der Waals surface area contributed by atoms with Gasteiger partial charge in [-0.1, -0.05) is 13.3 Å². The van der Waals surface area contributed by atoms with Gasteiger partial charge in [0, 0.05) is 13.5 Å². The maximum atomic E-state index is 11.1. The molecule has 0 aromatic carbocycles. The van der Waals surface area contributed by atoms with Gasteiger partial charge in [-0.3, -0.25) is 4.79 Å². The Bertz CT molecular complexity index is 175. The van der Waals surface area contributed by atoms with Gasteiger partial charge in [-0.2, -0.15) is 11.8 Å². The van der Waals surface area contributed by atoms with Crippen LogP contribution in [0.25, 0.3) is 0 Å². The topological polar surface area (TPSA) is 38.3 Å². The lowest BCUT2D eigenvalue weighted by atomic mass is 10.3. The van der Waals surface area contributed by atoms with Crippen LogP contribution in [0.3, 0.4) is 0 Å². The highest BCUT2D eigenvalue weighted by atomic mass is 32.2. The molecule has 1 rings (SSSR count). The summed E-state index contributed by atoms with van der Waals surface area (Å²) in [6.07, 6.45) is 2.95. The Kier molecular flexibility index (Phi) is 4.59. The molecular formula is C9H17NO2S. The summed E-state index contributed by atoms with van der Waals surface area (Å²) in [6, 6.07) is 0. The predicted octanol–water partition coefficient (Wildman–Crippen LogP) is 1.38. The van der Waals surface area contributed by atoms with E-state index in [1.807, 2.05) is 11.8 Å². The molecule has 1 heterocycles. The molecule has 1 saturated heterocycles. The van der Waals surface area contributed by atoms with E-state index in [0.29, 0.717) is 11.7 Å². The van der Waals surface area contributed by atoms with E-state index in [-0.39, 0.29) is 12.1 Å². The molecule has 13 heavy (non-hydrogen) atoms. The van der Waals surface area contributed by atoms with Crippen molar-refractivity contribution >= 4 is 17.7 Å². The number of carbonyl (C=O) groups is 1. The molecule has 0 aromatic rings. The van der Waals surface area contributed by atoms with Gasteiger partial charge < -0.3 is 10.1 Å². The second kappa shape index (κ2) is 5.50. The van der Waals surface area contributed by atoms with Crippen LogP contribution in [0, 0.1) is 0 Å². The lowest BCUT2D eigenvalue weighted by Gasteiger charge is -2.16. The summed E-state index contributed by atoms with van der Waals surface area (Å²) in [4.78, 5) is 11.1. The van der Waals surface area contributed by atoms with E-state index in [1.165, 1.54) is 12.8 Å². The Morgan fingerprint density at radius 1 is 1.69 bits per heavy atom. The van der Waals surface area contributed by atoms with Crippen molar-refractivity contribution in [3.8, 4) is 0 Å². The van der Waals surface area contributed by atoms with E-state index in [0.717, 1.165) is 5.75 Å². The molecule has 2 atom stereocenters. The minimum Gasteiger partial charge on any atom is -0.361 e. The molecule has 1 N–H and O–H groups in total. The molecule has 0 aromatic heterocycles. The van der Waals surface area contributed by atoms with Crippen LogP contribution in [0.2, 0.25) is 0 Å². The average molecular weight is 203 g/mol. The number of rotatable bonds is 5. The molecule has 0 saturated carbocycles. The standard InChI is InChI=1S/C9H17NO2S/c1-3-4-5-13-7-6-8(11)10-9(7)12-2/h7,9H,3-6H2,1-2H3,(H,10,11). The molecule has 76 valence electrons. The third-order valence-corrected chi connectivity index (χ3v) is 3.48. The van der Waals surface area contributed by atoms with Gasteiger partial charge in [0.2, 0.25) is 5.91 Å². The lowest BCUT2D eigenvalue weighted by molar-refractivity contribution is -0.120. The fourth-order valence-electron chi connectivity index (χ4n) is 1.34. The van der Waals surface area contributed by atoms with Crippen LogP contribution in [0.15, 0.2) is 0 Å². The summed E-state index contributed by atoms with van der Waals surface area (Å²) in [5, 5.41) is 3.11. The summed E-state index contributed by atoms with van der Waals surface area (Å²) in [5.41, 5.74) is 0. The van der Waals surface area contributed by atoms with Gasteiger partial charge in [0.15, 0.2) is 0 Å². The molecule has 1 aliphatic heterocycles. The number of hydrogen-bond donors (Lipinski definition) is 1. The SMILES string of the molecule is CCCCSC1CC(=O)NC1OC. The van der Waals surface area contributed by atoms with E-state index >= 15 is 0 Å². The van der Waals surface area contributed by atoms with Crippen molar-refractivity contribution in [1.82, 2.24) is 5.32 Å². The Morgan fingerprint density at radius 3 is 3.08 bits per heavy atom. The lowest BCUT2D eigenvalue weighted by Crippen LogP contribution is -2.32. The maximum Gasteiger partial charge on any atom is 0.223 e. The van der Waals surface area contributed by atoms with E-state index in [9.17, 15) is 4.79 Å². The summed E-state index contributed by atoms with van der Waals surface area (Å²) in [6.45, 7) is 2.17. The van der Waals surface area contributed by atoms with Gasteiger partial charge in [0.25, 0.3) is 0 Å². The van der Waals surface area contributed by atoms with Crippen LogP contribution in [0.1, 0.15) is 26.2 Å². The first-order chi connectivity index (χ1) is 6.27. The number of hydrogen-bond acceptors (Lipinski definition) is 3. The van der Waals surface area contributed by atoms with Crippen molar-refractivity contribution in [3.05, 3.63) is 0 Å². The molecule has 1 aliphatic rings. The third-order valence-electron chi connectivity index (χ3n) is 2.11. The smallest absolute Gasteiger partial charge is 0.223 e. The predicted molar refractivity (Wildman–Crippen MR) is 54.7 cm³/mol. The molecule has 0 radical (unpaired) electrons. The van der Waals surface area contributed by atoms with Crippen molar-refractivity contribution < 1.29 is 9.53 Å². The second-order valence-electron chi connectivity index (χ2n) is 3.19. The normalized spacial score (nSPS) is 27.7. The number of amides is 1. The molecular weight excluding hydrogens is 186 g/mol. The van der Waals surface area contributed by atoms with Gasteiger partial charge in [-0.25, -0.2) is 0 Å². The van der Waals surface area contributed by atoms with Crippen LogP contribution in [0.4, 0.5) is 0 Å². The number of methoxy groups -OCH3 is 1. The molecule has 0 bridgehead atoms. The monoisotopic (exact) mass is 203 g/mol. The minimum atomic E-state index is -0.0747. The summed E-state index contributed by atoms with van der Waals surface area (Å²) in [5.74, 6) is 1.23. The van der Waals surface area contributed by atoms with Crippen LogP contribution in [0.5, 0.6) is 0 Å². The molecule has 1 fully saturated rings. The number of nitrogens with one attached hydrogen (secondary N) is 1. The quantitative estimate of drug-likeness (QED) is 0.686. The highest BCUT2D eigenvalue weighted by Crippen LogP contribution is 2.24. The summed E-state index contributed by atoms with van der Waals surface area (Å²) >= 11 is 1.84. The molecule has 3 nitrogen and oxygen atoms in total. The molecule has 4 heteroatoms. The number of unbranched alkanes of at least 4 members (excludes halogenated alkanes) is 1. The van der Waals surface area contributed by atoms with Gasteiger partial charge in [0.1, 0.15) is 6.23 Å². The summed E-state index contributed by atoms with van der Waals surface area (Å²) < 4.78 is 5.17. The van der Waals surface area contributed by atoms with Crippen molar-refractivity contribution in [2.45, 2.75) is 37.7 Å². The Balaban J connectivity index is 2.27. The zero-order valence-electron chi connectivity index (χ0n) is 8.21. The largest absolute Gasteiger partial charge is 0.361 e. The van der Waals surface area contributed by atoms with Gasteiger partial charge in [-0.15, -0.1) is 0 Å². The first-order valence-corrected chi connectivity index (χ1v) is 5.76. The first-order valence-electron chi connectivity index (χ1n) is 4.71. The van der Waals surface area contributed by atoms with Crippen molar-refractivity contribution in [2.24, 2.45) is 0 Å². The maximum absolute atomic E-state index is 11.1. The number of carbonyl (C=O) groups excluding carboxylic acids is 1. The van der Waals surface area contributed by atoms with Crippen LogP contribution >= 0.6 is 11.8 Å². The minimum absolute atomic E-state index is 0.0747. The Labute approximate surface area is 83.6 Å². The third kappa shape index (κ3) is 3.19. The van der Waals surface area contributed by atoms with Crippen LogP contribution in [-0.4, -0.2) is 30.2 Å². The summed E-state index contributed by atoms with van der Waals surface area (Å²) in [7, 11) is 1.64. The molecule has 1 amide bonds. The highest BCUT2D eigenvalue weighted by molar-refractivity contribution is 8.00. The molecule has 0 spiro atoms. The molecule has 0 aliphatic carbocycles.